The van der Waals surface area contributed by atoms with E-state index in [-0.39, 0.29) is 6.04 Å². The van der Waals surface area contributed by atoms with Gasteiger partial charge in [-0.15, -0.1) is 0 Å². The molecule has 0 spiro atoms. The van der Waals surface area contributed by atoms with E-state index in [9.17, 15) is 4.21 Å². The number of nitrogens with zero attached hydrogens (tertiary/aromatic N) is 1. The van der Waals surface area contributed by atoms with Crippen molar-refractivity contribution in [2.45, 2.75) is 31.7 Å². The summed E-state index contributed by atoms with van der Waals surface area (Å²) in [4.78, 5) is 4.36. The fraction of sp³-hybridized carbons (Fsp3) is 0.353. The molecule has 4 atom stereocenters. The van der Waals surface area contributed by atoms with Gasteiger partial charge in [0.1, 0.15) is 0 Å². The Morgan fingerprint density at radius 1 is 1.32 bits per heavy atom. The first-order valence-corrected chi connectivity index (χ1v) is 8.62. The third kappa shape index (κ3) is 3.80. The predicted molar refractivity (Wildman–Crippen MR) is 88.5 cm³/mol. The number of pyridine rings is 1. The molecule has 1 heterocycles. The minimum absolute atomic E-state index is 0.0635. The molecule has 4 nitrogen and oxygen atoms in total. The smallest absolute Gasteiger partial charge is 0.231 e. The molecule has 0 amide bonds. The average molecular weight is 316 g/mol. The van der Waals surface area contributed by atoms with Crippen LogP contribution in [0.25, 0.3) is 11.3 Å². The Kier molecular flexibility index (Phi) is 4.66. The molecular weight excluding hydrogens is 296 g/mol. The molecule has 1 aromatic carbocycles. The van der Waals surface area contributed by atoms with Crippen LogP contribution in [-0.4, -0.2) is 19.8 Å². The zero-order valence-corrected chi connectivity index (χ0v) is 13.3. The van der Waals surface area contributed by atoms with Crippen LogP contribution in [0, 0.1) is 5.92 Å². The lowest BCUT2D eigenvalue weighted by Crippen LogP contribution is -2.28. The summed E-state index contributed by atoms with van der Waals surface area (Å²) in [6, 6.07) is 14.6. The van der Waals surface area contributed by atoms with Crippen LogP contribution in [-0.2, 0) is 11.3 Å². The molecule has 1 fully saturated rings. The summed E-state index contributed by atoms with van der Waals surface area (Å²) in [7, 11) is 0. The molecule has 0 radical (unpaired) electrons. The number of nitrogens with one attached hydrogen (secondary N) is 1. The topological polar surface area (TPSA) is 62.2 Å². The molecule has 22 heavy (non-hydrogen) atoms. The van der Waals surface area contributed by atoms with Crippen molar-refractivity contribution in [3.8, 4) is 11.3 Å². The van der Waals surface area contributed by atoms with E-state index in [0.717, 1.165) is 24.1 Å². The second-order valence-corrected chi connectivity index (χ2v) is 6.68. The highest BCUT2D eigenvalue weighted by Gasteiger charge is 2.38. The van der Waals surface area contributed by atoms with Gasteiger partial charge in [0.25, 0.3) is 0 Å². The molecule has 5 heteroatoms. The van der Waals surface area contributed by atoms with Gasteiger partial charge < -0.3 is 0 Å². The third-order valence-corrected chi connectivity index (χ3v) is 4.78. The fourth-order valence-corrected chi connectivity index (χ4v) is 3.47. The molecule has 1 aliphatic rings. The fourth-order valence-electron chi connectivity index (χ4n) is 3.03. The van der Waals surface area contributed by atoms with E-state index in [1.54, 1.807) is 6.20 Å². The van der Waals surface area contributed by atoms with Gasteiger partial charge in [0.05, 0.1) is 5.69 Å². The number of hydrogen-bond acceptors (Lipinski definition) is 2. The average Bonchev–Trinajstić information content (AvgIpc) is 3.26. The van der Waals surface area contributed by atoms with Crippen LogP contribution >= 0.6 is 0 Å². The maximum absolute atomic E-state index is 10.7. The van der Waals surface area contributed by atoms with Crippen molar-refractivity contribution in [1.82, 2.24) is 9.71 Å². The molecule has 116 valence electrons. The predicted octanol–water partition coefficient (Wildman–Crippen LogP) is 3.36. The van der Waals surface area contributed by atoms with Crippen LogP contribution in [0.3, 0.4) is 0 Å². The largest absolute Gasteiger partial charge is 0.294 e. The first-order valence-electron chi connectivity index (χ1n) is 7.52. The normalized spacial score (nSPS) is 23.0. The first kappa shape index (κ1) is 15.3. The van der Waals surface area contributed by atoms with Crippen molar-refractivity contribution >= 4 is 11.3 Å². The van der Waals surface area contributed by atoms with Crippen LogP contribution in [0.1, 0.15) is 31.2 Å². The van der Waals surface area contributed by atoms with E-state index in [1.807, 2.05) is 25.1 Å². The summed E-state index contributed by atoms with van der Waals surface area (Å²) in [6.07, 6.45) is 3.89. The lowest BCUT2D eigenvalue weighted by Gasteiger charge is -2.10. The number of rotatable bonds is 6. The second-order valence-electron chi connectivity index (χ2n) is 5.94. The van der Waals surface area contributed by atoms with Gasteiger partial charge in [-0.05, 0) is 49.3 Å². The Bertz CT molecular complexity index is 645. The van der Waals surface area contributed by atoms with Gasteiger partial charge in [0, 0.05) is 17.8 Å². The minimum Gasteiger partial charge on any atom is -0.294 e. The van der Waals surface area contributed by atoms with Gasteiger partial charge in [0.2, 0.25) is 11.3 Å². The van der Waals surface area contributed by atoms with E-state index in [2.05, 4.69) is 34.0 Å². The van der Waals surface area contributed by atoms with E-state index in [1.165, 1.54) is 5.56 Å². The molecule has 4 unspecified atom stereocenters. The molecular formula is C17H20N2O2S. The van der Waals surface area contributed by atoms with Crippen LogP contribution in [0.5, 0.6) is 0 Å². The Labute approximate surface area is 133 Å². The zero-order chi connectivity index (χ0) is 15.5. The van der Waals surface area contributed by atoms with E-state index < -0.39 is 11.3 Å². The van der Waals surface area contributed by atoms with Crippen LogP contribution in [0.2, 0.25) is 0 Å². The number of hydrogen-bond donors (Lipinski definition) is 2. The summed E-state index contributed by atoms with van der Waals surface area (Å²) in [5.74, 6) is 1.18. The molecule has 1 saturated carbocycles. The molecule has 0 saturated heterocycles. The van der Waals surface area contributed by atoms with Crippen LogP contribution < -0.4 is 4.72 Å². The zero-order valence-electron chi connectivity index (χ0n) is 12.5. The van der Waals surface area contributed by atoms with Gasteiger partial charge in [-0.3, -0.25) is 9.54 Å². The van der Waals surface area contributed by atoms with E-state index in [4.69, 9.17) is 4.55 Å². The Morgan fingerprint density at radius 3 is 2.73 bits per heavy atom. The summed E-state index contributed by atoms with van der Waals surface area (Å²) >= 11 is -1.92. The lowest BCUT2D eigenvalue weighted by atomic mass is 10.0. The van der Waals surface area contributed by atoms with Gasteiger partial charge >= 0.3 is 0 Å². The minimum atomic E-state index is -1.92. The highest BCUT2D eigenvalue weighted by atomic mass is 32.2. The summed E-state index contributed by atoms with van der Waals surface area (Å²) < 4.78 is 22.2. The Balaban J connectivity index is 1.60. The maximum atomic E-state index is 10.7. The Morgan fingerprint density at radius 2 is 2.09 bits per heavy atom. The summed E-state index contributed by atoms with van der Waals surface area (Å²) in [5, 5.41) is 0. The van der Waals surface area contributed by atoms with Crippen LogP contribution in [0.4, 0.5) is 0 Å². The van der Waals surface area contributed by atoms with E-state index in [0.29, 0.717) is 11.8 Å². The van der Waals surface area contributed by atoms with Crippen LogP contribution in [0.15, 0.2) is 48.7 Å². The SMILES string of the molecule is CC(CC1CC1c1ccc(-c2ccccn2)cc1)NS(=O)O. The number of benzene rings is 1. The van der Waals surface area contributed by atoms with Gasteiger partial charge in [-0.1, -0.05) is 30.3 Å². The highest BCUT2D eigenvalue weighted by molar-refractivity contribution is 7.77. The monoisotopic (exact) mass is 316 g/mol. The van der Waals surface area contributed by atoms with Crippen molar-refractivity contribution in [2.24, 2.45) is 5.92 Å². The second kappa shape index (κ2) is 6.69. The highest BCUT2D eigenvalue weighted by Crippen LogP contribution is 2.50. The Hall–Kier alpha value is -1.56. The van der Waals surface area contributed by atoms with Gasteiger partial charge in [0.15, 0.2) is 0 Å². The third-order valence-electron chi connectivity index (χ3n) is 4.18. The van der Waals surface area contributed by atoms with E-state index >= 15 is 0 Å². The summed E-state index contributed by atoms with van der Waals surface area (Å²) in [5.41, 5.74) is 3.47. The quantitative estimate of drug-likeness (QED) is 0.803. The molecule has 2 aromatic rings. The standard InChI is InChI=1S/C17H20N2O2S/c1-12(19-22(20)21)10-15-11-16(15)13-5-7-14(8-6-13)17-4-2-3-9-18-17/h2-9,12,15-16,19H,10-11H2,1H3,(H,20,21). The van der Waals surface area contributed by atoms with Crippen molar-refractivity contribution in [3.63, 3.8) is 0 Å². The van der Waals surface area contributed by atoms with Crippen molar-refractivity contribution in [1.29, 1.82) is 0 Å². The molecule has 2 N–H and O–H groups in total. The molecule has 0 bridgehead atoms. The lowest BCUT2D eigenvalue weighted by molar-refractivity contribution is 0.506. The van der Waals surface area contributed by atoms with Gasteiger partial charge in [-0.2, -0.15) is 0 Å². The van der Waals surface area contributed by atoms with Crippen molar-refractivity contribution in [2.75, 3.05) is 0 Å². The first-order chi connectivity index (χ1) is 10.6. The van der Waals surface area contributed by atoms with Crippen molar-refractivity contribution in [3.05, 3.63) is 54.2 Å². The maximum Gasteiger partial charge on any atom is 0.231 e. The van der Waals surface area contributed by atoms with Gasteiger partial charge in [-0.25, -0.2) is 8.93 Å². The number of aromatic nitrogens is 1. The molecule has 3 rings (SSSR count). The molecule has 1 aliphatic carbocycles. The van der Waals surface area contributed by atoms with Crippen molar-refractivity contribution < 1.29 is 8.76 Å². The molecule has 0 aliphatic heterocycles. The summed E-state index contributed by atoms with van der Waals surface area (Å²) in [6.45, 7) is 1.95. The molecule has 1 aromatic heterocycles.